The van der Waals surface area contributed by atoms with E-state index in [2.05, 4.69) is 27.3 Å². The van der Waals surface area contributed by atoms with Gasteiger partial charge in [-0.3, -0.25) is 14.6 Å². The van der Waals surface area contributed by atoms with Crippen LogP contribution in [0.2, 0.25) is 0 Å². The van der Waals surface area contributed by atoms with Crippen molar-refractivity contribution >= 4 is 11.7 Å². The minimum Gasteiger partial charge on any atom is -0.494 e. The van der Waals surface area contributed by atoms with Gasteiger partial charge < -0.3 is 10.1 Å². The van der Waals surface area contributed by atoms with Crippen molar-refractivity contribution in [3.05, 3.63) is 63.7 Å². The maximum absolute atomic E-state index is 12.9. The summed E-state index contributed by atoms with van der Waals surface area (Å²) in [4.78, 5) is 32.4. The molecule has 0 unspecified atom stereocenters. The van der Waals surface area contributed by atoms with E-state index in [1.807, 2.05) is 19.9 Å². The molecule has 0 bridgehead atoms. The molecular weight excluding hydrogens is 406 g/mol. The molecule has 2 N–H and O–H groups in total. The summed E-state index contributed by atoms with van der Waals surface area (Å²) in [5.74, 6) is 1.71. The quantitative estimate of drug-likeness (QED) is 0.486. The molecule has 1 amide bonds. The molecule has 0 spiro atoms. The molecule has 1 aliphatic rings. The van der Waals surface area contributed by atoms with Crippen LogP contribution in [-0.2, 0) is 0 Å². The summed E-state index contributed by atoms with van der Waals surface area (Å²) in [6.45, 7) is 6.72. The molecule has 1 fully saturated rings. The molecule has 8 heteroatoms. The van der Waals surface area contributed by atoms with Crippen molar-refractivity contribution in [3.63, 3.8) is 0 Å². The van der Waals surface area contributed by atoms with E-state index in [1.165, 1.54) is 10.7 Å². The molecule has 0 atom stereocenters. The minimum atomic E-state index is -0.268. The van der Waals surface area contributed by atoms with E-state index in [0.717, 1.165) is 37.1 Å². The summed E-state index contributed by atoms with van der Waals surface area (Å²) < 4.78 is 7.18. The number of rotatable bonds is 9. The minimum absolute atomic E-state index is 0.0885. The first-order chi connectivity index (χ1) is 15.4. The van der Waals surface area contributed by atoms with Gasteiger partial charge in [-0.15, -0.1) is 0 Å². The highest BCUT2D eigenvalue weighted by Gasteiger charge is 2.28. The van der Waals surface area contributed by atoms with Crippen molar-refractivity contribution in [2.24, 2.45) is 0 Å². The highest BCUT2D eigenvalue weighted by atomic mass is 16.5. The Morgan fingerprint density at radius 2 is 2.00 bits per heavy atom. The molecule has 168 valence electrons. The molecule has 0 aliphatic heterocycles. The van der Waals surface area contributed by atoms with Crippen LogP contribution in [0, 0.1) is 0 Å². The Bertz CT molecular complexity index is 1140. The van der Waals surface area contributed by atoms with Crippen LogP contribution < -0.4 is 15.6 Å². The standard InChI is InChI=1S/C24H29N5O3/c1-4-5-12-32-18-10-8-17(9-11-18)23(31)26-21-13-20(16-6-7-16)28-29(21)24-25-19(15(2)3)14-22(30)27-24/h8-11,13-16H,4-7,12H2,1-3H3,(H,26,31)(H,25,27,30). The molecule has 2 aromatic heterocycles. The smallest absolute Gasteiger partial charge is 0.256 e. The lowest BCUT2D eigenvalue weighted by atomic mass is 10.1. The lowest BCUT2D eigenvalue weighted by molar-refractivity contribution is 0.102. The second-order valence-electron chi connectivity index (χ2n) is 8.47. The Labute approximate surface area is 187 Å². The van der Waals surface area contributed by atoms with Crippen molar-refractivity contribution in [1.29, 1.82) is 0 Å². The number of unbranched alkanes of at least 4 members (excludes halogenated alkanes) is 1. The van der Waals surface area contributed by atoms with Gasteiger partial charge in [0.15, 0.2) is 0 Å². The van der Waals surface area contributed by atoms with Gasteiger partial charge in [0, 0.05) is 23.6 Å². The molecule has 1 aromatic carbocycles. The maximum Gasteiger partial charge on any atom is 0.256 e. The first-order valence-electron chi connectivity index (χ1n) is 11.2. The third-order valence-corrected chi connectivity index (χ3v) is 5.39. The molecule has 2 heterocycles. The first kappa shape index (κ1) is 21.8. The third-order valence-electron chi connectivity index (χ3n) is 5.39. The molecule has 4 rings (SSSR count). The average Bonchev–Trinajstić information content (AvgIpc) is 3.54. The topological polar surface area (TPSA) is 102 Å². The van der Waals surface area contributed by atoms with Crippen LogP contribution in [-0.4, -0.2) is 32.3 Å². The van der Waals surface area contributed by atoms with E-state index in [-0.39, 0.29) is 17.4 Å². The SMILES string of the molecule is CCCCOc1ccc(C(=O)Nc2cc(C3CC3)nn2-c2nc(C(C)C)cc(=O)[nH]2)cc1. The second-order valence-corrected chi connectivity index (χ2v) is 8.47. The normalized spacial score (nSPS) is 13.4. The zero-order chi connectivity index (χ0) is 22.7. The summed E-state index contributed by atoms with van der Waals surface area (Å²) in [7, 11) is 0. The van der Waals surface area contributed by atoms with Gasteiger partial charge in [-0.25, -0.2) is 4.98 Å². The predicted molar refractivity (Wildman–Crippen MR) is 123 cm³/mol. The van der Waals surface area contributed by atoms with Crippen molar-refractivity contribution < 1.29 is 9.53 Å². The van der Waals surface area contributed by atoms with E-state index in [1.54, 1.807) is 24.3 Å². The molecule has 1 aliphatic carbocycles. The highest BCUT2D eigenvalue weighted by Crippen LogP contribution is 2.40. The van der Waals surface area contributed by atoms with Crippen LogP contribution in [0.25, 0.3) is 5.95 Å². The Morgan fingerprint density at radius 1 is 1.25 bits per heavy atom. The van der Waals surface area contributed by atoms with E-state index in [9.17, 15) is 9.59 Å². The number of anilines is 1. The van der Waals surface area contributed by atoms with Crippen LogP contribution >= 0.6 is 0 Å². The number of benzene rings is 1. The lowest BCUT2D eigenvalue weighted by Crippen LogP contribution is -2.19. The average molecular weight is 436 g/mol. The van der Waals surface area contributed by atoms with E-state index >= 15 is 0 Å². The number of amides is 1. The van der Waals surface area contributed by atoms with Crippen molar-refractivity contribution in [1.82, 2.24) is 19.7 Å². The number of hydrogen-bond donors (Lipinski definition) is 2. The Hall–Kier alpha value is -3.42. The second kappa shape index (κ2) is 9.38. The number of aromatic nitrogens is 4. The van der Waals surface area contributed by atoms with E-state index in [0.29, 0.717) is 35.5 Å². The summed E-state index contributed by atoms with van der Waals surface area (Å²) in [5.41, 5.74) is 1.81. The zero-order valence-electron chi connectivity index (χ0n) is 18.7. The number of nitrogens with zero attached hydrogens (tertiary/aromatic N) is 3. The molecular formula is C24H29N5O3. The fourth-order valence-electron chi connectivity index (χ4n) is 3.31. The fourth-order valence-corrected chi connectivity index (χ4v) is 3.31. The van der Waals surface area contributed by atoms with Gasteiger partial charge in [-0.2, -0.15) is 9.78 Å². The summed E-state index contributed by atoms with van der Waals surface area (Å²) in [5, 5.41) is 7.56. The monoisotopic (exact) mass is 435 g/mol. The Balaban J connectivity index is 1.59. The van der Waals surface area contributed by atoms with Gasteiger partial charge in [0.1, 0.15) is 11.6 Å². The van der Waals surface area contributed by atoms with Crippen LogP contribution in [0.4, 0.5) is 5.82 Å². The van der Waals surface area contributed by atoms with Gasteiger partial charge >= 0.3 is 0 Å². The van der Waals surface area contributed by atoms with Gasteiger partial charge in [0.25, 0.3) is 11.5 Å². The summed E-state index contributed by atoms with van der Waals surface area (Å²) in [6, 6.07) is 10.4. The lowest BCUT2D eigenvalue weighted by Gasteiger charge is -2.11. The number of aromatic amines is 1. The zero-order valence-corrected chi connectivity index (χ0v) is 18.7. The largest absolute Gasteiger partial charge is 0.494 e. The van der Waals surface area contributed by atoms with Gasteiger partial charge in [-0.1, -0.05) is 27.2 Å². The molecule has 0 radical (unpaired) electrons. The number of hydrogen-bond acceptors (Lipinski definition) is 5. The fraction of sp³-hybridized carbons (Fsp3) is 0.417. The number of ether oxygens (including phenoxy) is 1. The molecule has 32 heavy (non-hydrogen) atoms. The highest BCUT2D eigenvalue weighted by molar-refractivity contribution is 6.04. The molecule has 0 saturated heterocycles. The van der Waals surface area contributed by atoms with Crippen molar-refractivity contribution in [2.45, 2.75) is 58.3 Å². The van der Waals surface area contributed by atoms with E-state index < -0.39 is 0 Å². The Morgan fingerprint density at radius 3 is 2.66 bits per heavy atom. The van der Waals surface area contributed by atoms with Gasteiger partial charge in [0.05, 0.1) is 18.0 Å². The summed E-state index contributed by atoms with van der Waals surface area (Å²) in [6.07, 6.45) is 4.20. The van der Waals surface area contributed by atoms with Crippen LogP contribution in [0.3, 0.4) is 0 Å². The van der Waals surface area contributed by atoms with Crippen molar-refractivity contribution in [3.8, 4) is 11.7 Å². The van der Waals surface area contributed by atoms with Gasteiger partial charge in [-0.05, 0) is 49.4 Å². The third kappa shape index (κ3) is 5.07. The number of nitrogens with one attached hydrogen (secondary N) is 2. The van der Waals surface area contributed by atoms with Crippen LogP contribution in [0.15, 0.2) is 41.2 Å². The number of H-pyrrole nitrogens is 1. The first-order valence-corrected chi connectivity index (χ1v) is 11.2. The molecule has 3 aromatic rings. The van der Waals surface area contributed by atoms with Crippen LogP contribution in [0.5, 0.6) is 5.75 Å². The molecule has 1 saturated carbocycles. The predicted octanol–water partition coefficient (Wildman–Crippen LogP) is 4.39. The number of carbonyl (C=O) groups excluding carboxylic acids is 1. The number of carbonyl (C=O) groups is 1. The van der Waals surface area contributed by atoms with Gasteiger partial charge in [0.2, 0.25) is 5.95 Å². The van der Waals surface area contributed by atoms with Crippen molar-refractivity contribution in [2.75, 3.05) is 11.9 Å². The van der Waals surface area contributed by atoms with E-state index in [4.69, 9.17) is 4.74 Å². The molecule has 8 nitrogen and oxygen atoms in total. The Kier molecular flexibility index (Phi) is 6.39. The summed E-state index contributed by atoms with van der Waals surface area (Å²) >= 11 is 0. The van der Waals surface area contributed by atoms with Crippen LogP contribution in [0.1, 0.15) is 80.0 Å². The maximum atomic E-state index is 12.9.